The molecule has 1 aromatic carbocycles. The Morgan fingerprint density at radius 3 is 2.58 bits per heavy atom. The van der Waals surface area contributed by atoms with E-state index in [0.29, 0.717) is 36.6 Å². The molecule has 0 radical (unpaired) electrons. The summed E-state index contributed by atoms with van der Waals surface area (Å²) in [5.74, 6) is 0.0845. The summed E-state index contributed by atoms with van der Waals surface area (Å²) in [6, 6.07) is 6.10. The minimum atomic E-state index is -3.50. The van der Waals surface area contributed by atoms with Gasteiger partial charge in [-0.25, -0.2) is 23.2 Å². The number of thiazole rings is 1. The van der Waals surface area contributed by atoms with Gasteiger partial charge in [0, 0.05) is 17.4 Å². The molecule has 36 heavy (non-hydrogen) atoms. The third-order valence-electron chi connectivity index (χ3n) is 5.31. The molecule has 4 rings (SSSR count). The lowest BCUT2D eigenvalue weighted by atomic mass is 10.0. The number of rotatable bonds is 11. The van der Waals surface area contributed by atoms with Crippen LogP contribution in [0.1, 0.15) is 37.1 Å². The number of amides is 1. The van der Waals surface area contributed by atoms with Gasteiger partial charge in [-0.1, -0.05) is 24.3 Å². The molecule has 1 atom stereocenters. The van der Waals surface area contributed by atoms with Crippen molar-refractivity contribution >= 4 is 38.4 Å². The molecule has 1 aliphatic rings. The van der Waals surface area contributed by atoms with E-state index in [9.17, 15) is 18.0 Å². The smallest absolute Gasteiger partial charge is 0.407 e. The van der Waals surface area contributed by atoms with Crippen LogP contribution in [-0.2, 0) is 26.0 Å². The zero-order valence-electron chi connectivity index (χ0n) is 19.6. The van der Waals surface area contributed by atoms with Crippen molar-refractivity contribution in [3.63, 3.8) is 0 Å². The molecule has 1 unspecified atom stereocenters. The lowest BCUT2D eigenvalue weighted by Gasteiger charge is -2.15. The maximum Gasteiger partial charge on any atom is 0.407 e. The Kier molecular flexibility index (Phi) is 7.79. The van der Waals surface area contributed by atoms with Crippen molar-refractivity contribution in [3.05, 3.63) is 53.3 Å². The highest BCUT2D eigenvalue weighted by Crippen LogP contribution is 2.31. The number of alkyl carbamates (subject to hydrolysis) is 1. The molecule has 1 aliphatic carbocycles. The quantitative estimate of drug-likeness (QED) is 0.380. The predicted octanol–water partition coefficient (Wildman–Crippen LogP) is 3.11. The van der Waals surface area contributed by atoms with Crippen LogP contribution in [0.5, 0.6) is 5.88 Å². The number of nitrogens with zero attached hydrogens (tertiary/aromatic N) is 3. The molecular formula is C23H25N5O6S2. The van der Waals surface area contributed by atoms with Gasteiger partial charge in [-0.3, -0.25) is 14.5 Å². The Bertz CT molecular complexity index is 1340. The Labute approximate surface area is 212 Å². The largest absolute Gasteiger partial charge is 0.477 e. The van der Waals surface area contributed by atoms with Crippen LogP contribution in [-0.4, -0.2) is 54.2 Å². The first-order valence-corrected chi connectivity index (χ1v) is 13.6. The fourth-order valence-electron chi connectivity index (χ4n) is 3.35. The van der Waals surface area contributed by atoms with E-state index < -0.39 is 27.4 Å². The van der Waals surface area contributed by atoms with E-state index in [-0.39, 0.29) is 23.0 Å². The van der Waals surface area contributed by atoms with Crippen molar-refractivity contribution in [1.29, 1.82) is 0 Å². The molecule has 0 spiro atoms. The summed E-state index contributed by atoms with van der Waals surface area (Å²) in [5, 5.41) is 3.76. The Morgan fingerprint density at radius 1 is 1.17 bits per heavy atom. The fraction of sp³-hybridized carbons (Fsp3) is 0.348. The van der Waals surface area contributed by atoms with Crippen LogP contribution < -0.4 is 14.8 Å². The number of anilines is 1. The first-order valence-electron chi connectivity index (χ1n) is 11.2. The van der Waals surface area contributed by atoms with Gasteiger partial charge in [0.1, 0.15) is 6.04 Å². The third kappa shape index (κ3) is 6.34. The number of carbonyl (C=O) groups excluding carboxylic acids is 2. The first kappa shape index (κ1) is 25.5. The molecule has 1 saturated carbocycles. The Hall–Kier alpha value is -3.58. The summed E-state index contributed by atoms with van der Waals surface area (Å²) in [6.45, 7) is 2.34. The molecule has 2 heterocycles. The van der Waals surface area contributed by atoms with Gasteiger partial charge >= 0.3 is 6.09 Å². The molecule has 0 aliphatic heterocycles. The van der Waals surface area contributed by atoms with Gasteiger partial charge < -0.3 is 14.8 Å². The topological polar surface area (TPSA) is 149 Å². The van der Waals surface area contributed by atoms with Crippen LogP contribution in [0.15, 0.2) is 42.0 Å². The van der Waals surface area contributed by atoms with Crippen LogP contribution in [0.4, 0.5) is 9.93 Å². The van der Waals surface area contributed by atoms with Gasteiger partial charge in [-0.15, -0.1) is 11.3 Å². The minimum Gasteiger partial charge on any atom is -0.477 e. The van der Waals surface area contributed by atoms with E-state index in [0.717, 1.165) is 16.9 Å². The van der Waals surface area contributed by atoms with Crippen molar-refractivity contribution in [2.24, 2.45) is 0 Å². The SMILES string of the molecule is CCOc1cncc(-c2ccc(CC(=O)C(NC(=O)OC)c3csc(NS(=O)(=O)C4CC4)n3)cc2)n1. The van der Waals surface area contributed by atoms with E-state index in [1.54, 1.807) is 18.3 Å². The van der Waals surface area contributed by atoms with Crippen LogP contribution >= 0.6 is 11.3 Å². The van der Waals surface area contributed by atoms with Crippen molar-refractivity contribution in [2.75, 3.05) is 18.4 Å². The molecule has 1 fully saturated rings. The van der Waals surface area contributed by atoms with Crippen LogP contribution in [0.2, 0.25) is 0 Å². The van der Waals surface area contributed by atoms with E-state index in [2.05, 4.69) is 29.7 Å². The summed E-state index contributed by atoms with van der Waals surface area (Å²) in [4.78, 5) is 37.9. The van der Waals surface area contributed by atoms with Gasteiger partial charge in [0.25, 0.3) is 0 Å². The minimum absolute atomic E-state index is 0.000264. The van der Waals surface area contributed by atoms with Gasteiger partial charge in [0.15, 0.2) is 10.9 Å². The number of carbonyl (C=O) groups is 2. The number of hydrogen-bond donors (Lipinski definition) is 2. The van der Waals surface area contributed by atoms with Crippen molar-refractivity contribution in [2.45, 2.75) is 37.5 Å². The third-order valence-corrected chi connectivity index (χ3v) is 8.04. The van der Waals surface area contributed by atoms with Crippen molar-refractivity contribution < 1.29 is 27.5 Å². The Balaban J connectivity index is 1.48. The second kappa shape index (κ2) is 11.0. The molecule has 190 valence electrons. The zero-order chi connectivity index (χ0) is 25.7. The number of methoxy groups -OCH3 is 1. The molecule has 0 bridgehead atoms. The average Bonchev–Trinajstić information content (AvgIpc) is 3.64. The van der Waals surface area contributed by atoms with Gasteiger partial charge in [-0.2, -0.15) is 0 Å². The second-order valence-corrected chi connectivity index (χ2v) is 10.8. The standard InChI is InChI=1S/C23H25N5O6S2/c1-3-34-20-12-24-11-17(25-20)15-6-4-14(5-7-15)10-19(29)21(27-23(30)33-2)18-13-35-22(26-18)28-36(31,32)16-8-9-16/h4-7,11-13,16,21H,3,8-10H2,1-2H3,(H,26,28)(H,27,30). The molecule has 11 nitrogen and oxygen atoms in total. The van der Waals surface area contributed by atoms with E-state index in [4.69, 9.17) is 4.74 Å². The number of aromatic nitrogens is 3. The highest BCUT2D eigenvalue weighted by atomic mass is 32.2. The first-order chi connectivity index (χ1) is 17.3. The number of benzene rings is 1. The number of nitrogens with one attached hydrogen (secondary N) is 2. The van der Waals surface area contributed by atoms with Crippen molar-refractivity contribution in [1.82, 2.24) is 20.3 Å². The summed E-state index contributed by atoms with van der Waals surface area (Å²) < 4.78 is 36.9. The normalized spacial score (nSPS) is 14.1. The van der Waals surface area contributed by atoms with Crippen LogP contribution in [0.3, 0.4) is 0 Å². The van der Waals surface area contributed by atoms with E-state index in [1.165, 1.54) is 18.7 Å². The molecule has 3 aromatic rings. The zero-order valence-corrected chi connectivity index (χ0v) is 21.3. The molecule has 13 heteroatoms. The van der Waals surface area contributed by atoms with Crippen LogP contribution in [0.25, 0.3) is 11.3 Å². The fourth-order valence-corrected chi connectivity index (χ4v) is 5.68. The van der Waals surface area contributed by atoms with Gasteiger partial charge in [0.2, 0.25) is 15.9 Å². The number of hydrogen-bond acceptors (Lipinski definition) is 10. The number of ketones is 1. The summed E-state index contributed by atoms with van der Waals surface area (Å²) in [6.07, 6.45) is 3.58. The second-order valence-electron chi connectivity index (χ2n) is 8.01. The monoisotopic (exact) mass is 531 g/mol. The Morgan fingerprint density at radius 2 is 1.92 bits per heavy atom. The molecule has 2 N–H and O–H groups in total. The van der Waals surface area contributed by atoms with E-state index in [1.807, 2.05) is 19.1 Å². The van der Waals surface area contributed by atoms with Gasteiger partial charge in [0.05, 0.1) is 42.7 Å². The number of sulfonamides is 1. The summed E-state index contributed by atoms with van der Waals surface area (Å²) in [7, 11) is -2.31. The molecule has 2 aromatic heterocycles. The summed E-state index contributed by atoms with van der Waals surface area (Å²) in [5.41, 5.74) is 2.37. The molecule has 0 saturated heterocycles. The maximum absolute atomic E-state index is 13.2. The van der Waals surface area contributed by atoms with E-state index >= 15 is 0 Å². The van der Waals surface area contributed by atoms with Gasteiger partial charge in [-0.05, 0) is 25.3 Å². The lowest BCUT2D eigenvalue weighted by Crippen LogP contribution is -2.34. The average molecular weight is 532 g/mol. The number of ether oxygens (including phenoxy) is 2. The lowest BCUT2D eigenvalue weighted by molar-refractivity contribution is -0.120. The molecular weight excluding hydrogens is 506 g/mol. The maximum atomic E-state index is 13.2. The highest BCUT2D eigenvalue weighted by molar-refractivity contribution is 7.93. The molecule has 1 amide bonds. The number of Topliss-reactive ketones (excluding diaryl/α,β-unsaturated/α-hetero) is 1. The van der Waals surface area contributed by atoms with Crippen molar-refractivity contribution in [3.8, 4) is 17.1 Å². The summed E-state index contributed by atoms with van der Waals surface area (Å²) >= 11 is 1.04. The van der Waals surface area contributed by atoms with Crippen LogP contribution in [0, 0.1) is 0 Å². The predicted molar refractivity (Wildman–Crippen MR) is 133 cm³/mol. The highest BCUT2D eigenvalue weighted by Gasteiger charge is 2.36.